The van der Waals surface area contributed by atoms with E-state index in [-0.39, 0.29) is 5.82 Å². The van der Waals surface area contributed by atoms with Crippen LogP contribution in [0, 0.1) is 5.82 Å². The number of halogens is 2. The number of benzene rings is 2. The molecule has 0 saturated carbocycles. The molecule has 0 aromatic heterocycles. The average molecular weight is 338 g/mol. The van der Waals surface area contributed by atoms with E-state index in [1.165, 1.54) is 6.07 Å². The summed E-state index contributed by atoms with van der Waals surface area (Å²) < 4.78 is 20.1. The lowest BCUT2D eigenvalue weighted by Crippen LogP contribution is -2.13. The van der Waals surface area contributed by atoms with E-state index >= 15 is 0 Å². The summed E-state index contributed by atoms with van der Waals surface area (Å²) in [7, 11) is 0. The van der Waals surface area contributed by atoms with Gasteiger partial charge in [0.1, 0.15) is 11.6 Å². The standard InChI is InChI=1S/C16H17BrFNO/c1-2-9-20-13-6-3-11(4-7-13)16(19)14-8-5-12(17)10-15(14)18/h3-8,10,16H,2,9,19H2,1H3. The molecular formula is C16H17BrFNO. The first-order valence-corrected chi connectivity index (χ1v) is 7.34. The SMILES string of the molecule is CCCOc1ccc(C(N)c2ccc(Br)cc2F)cc1. The van der Waals surface area contributed by atoms with Crippen LogP contribution in [0.2, 0.25) is 0 Å². The Hall–Kier alpha value is -1.39. The molecule has 0 aliphatic heterocycles. The molecule has 0 aliphatic carbocycles. The summed E-state index contributed by atoms with van der Waals surface area (Å²) in [5.74, 6) is 0.497. The van der Waals surface area contributed by atoms with Gasteiger partial charge in [0, 0.05) is 10.0 Å². The van der Waals surface area contributed by atoms with Gasteiger partial charge in [-0.3, -0.25) is 0 Å². The van der Waals surface area contributed by atoms with Gasteiger partial charge < -0.3 is 10.5 Å². The molecule has 0 aliphatic rings. The number of ether oxygens (including phenoxy) is 1. The van der Waals surface area contributed by atoms with Crippen LogP contribution in [-0.2, 0) is 0 Å². The third kappa shape index (κ3) is 3.58. The molecule has 0 saturated heterocycles. The van der Waals surface area contributed by atoms with Crippen molar-refractivity contribution in [3.63, 3.8) is 0 Å². The molecule has 20 heavy (non-hydrogen) atoms. The maximum Gasteiger partial charge on any atom is 0.129 e. The van der Waals surface area contributed by atoms with Crippen LogP contribution in [-0.4, -0.2) is 6.61 Å². The molecule has 2 rings (SSSR count). The molecule has 0 amide bonds. The zero-order valence-electron chi connectivity index (χ0n) is 11.3. The summed E-state index contributed by atoms with van der Waals surface area (Å²) in [4.78, 5) is 0. The van der Waals surface area contributed by atoms with Gasteiger partial charge in [-0.1, -0.05) is 41.1 Å². The number of nitrogens with two attached hydrogens (primary N) is 1. The van der Waals surface area contributed by atoms with E-state index in [9.17, 15) is 4.39 Å². The Labute approximate surface area is 126 Å². The highest BCUT2D eigenvalue weighted by atomic mass is 79.9. The average Bonchev–Trinajstić information content (AvgIpc) is 2.45. The van der Waals surface area contributed by atoms with Gasteiger partial charge >= 0.3 is 0 Å². The lowest BCUT2D eigenvalue weighted by Gasteiger charge is -2.14. The maximum absolute atomic E-state index is 13.9. The highest BCUT2D eigenvalue weighted by Gasteiger charge is 2.13. The van der Waals surface area contributed by atoms with Crippen molar-refractivity contribution in [2.24, 2.45) is 5.73 Å². The van der Waals surface area contributed by atoms with Crippen molar-refractivity contribution in [2.75, 3.05) is 6.61 Å². The fraction of sp³-hybridized carbons (Fsp3) is 0.250. The van der Waals surface area contributed by atoms with Crippen molar-refractivity contribution < 1.29 is 9.13 Å². The second kappa shape index (κ2) is 6.86. The molecule has 2 N–H and O–H groups in total. The smallest absolute Gasteiger partial charge is 0.129 e. The molecule has 2 nitrogen and oxygen atoms in total. The first-order valence-electron chi connectivity index (χ1n) is 6.55. The van der Waals surface area contributed by atoms with E-state index in [0.717, 1.165) is 17.7 Å². The minimum Gasteiger partial charge on any atom is -0.494 e. The van der Waals surface area contributed by atoms with Crippen LogP contribution < -0.4 is 10.5 Å². The highest BCUT2D eigenvalue weighted by molar-refractivity contribution is 9.10. The van der Waals surface area contributed by atoms with Gasteiger partial charge in [-0.2, -0.15) is 0 Å². The van der Waals surface area contributed by atoms with Crippen LogP contribution in [0.15, 0.2) is 46.9 Å². The third-order valence-corrected chi connectivity index (χ3v) is 3.50. The van der Waals surface area contributed by atoms with E-state index in [0.29, 0.717) is 16.6 Å². The van der Waals surface area contributed by atoms with Crippen LogP contribution in [0.3, 0.4) is 0 Å². The van der Waals surface area contributed by atoms with Crippen molar-refractivity contribution in [3.8, 4) is 5.75 Å². The van der Waals surface area contributed by atoms with E-state index < -0.39 is 6.04 Å². The van der Waals surface area contributed by atoms with E-state index in [4.69, 9.17) is 10.5 Å². The molecule has 2 aromatic carbocycles. The molecular weight excluding hydrogens is 321 g/mol. The summed E-state index contributed by atoms with van der Waals surface area (Å²) in [5.41, 5.74) is 7.46. The second-order valence-electron chi connectivity index (χ2n) is 4.56. The van der Waals surface area contributed by atoms with Crippen LogP contribution in [0.1, 0.15) is 30.5 Å². The lowest BCUT2D eigenvalue weighted by molar-refractivity contribution is 0.317. The molecule has 0 spiro atoms. The fourth-order valence-electron chi connectivity index (χ4n) is 1.92. The molecule has 2 aromatic rings. The lowest BCUT2D eigenvalue weighted by atomic mass is 9.99. The first-order chi connectivity index (χ1) is 9.61. The van der Waals surface area contributed by atoms with Crippen molar-refractivity contribution in [1.82, 2.24) is 0 Å². The Bertz CT molecular complexity index is 571. The van der Waals surface area contributed by atoms with Gasteiger partial charge in [0.2, 0.25) is 0 Å². The minimum absolute atomic E-state index is 0.307. The van der Waals surface area contributed by atoms with Crippen molar-refractivity contribution in [1.29, 1.82) is 0 Å². The zero-order chi connectivity index (χ0) is 14.5. The molecule has 0 bridgehead atoms. The molecule has 0 fully saturated rings. The number of rotatable bonds is 5. The summed E-state index contributed by atoms with van der Waals surface area (Å²) in [6.07, 6.45) is 0.964. The molecule has 1 unspecified atom stereocenters. The maximum atomic E-state index is 13.9. The topological polar surface area (TPSA) is 35.2 Å². The Balaban J connectivity index is 2.18. The highest BCUT2D eigenvalue weighted by Crippen LogP contribution is 2.26. The Kier molecular flexibility index (Phi) is 5.15. The predicted octanol–water partition coefficient (Wildman–Crippen LogP) is 4.43. The largest absolute Gasteiger partial charge is 0.494 e. The molecule has 0 heterocycles. The van der Waals surface area contributed by atoms with Gasteiger partial charge in [-0.05, 0) is 36.2 Å². The van der Waals surface area contributed by atoms with Crippen molar-refractivity contribution in [2.45, 2.75) is 19.4 Å². The normalized spacial score (nSPS) is 12.2. The van der Waals surface area contributed by atoms with Crippen LogP contribution in [0.4, 0.5) is 4.39 Å². The molecule has 0 radical (unpaired) electrons. The Morgan fingerprint density at radius 2 is 1.90 bits per heavy atom. The summed E-state index contributed by atoms with van der Waals surface area (Å²) in [6, 6.07) is 11.9. The van der Waals surface area contributed by atoms with Crippen LogP contribution in [0.25, 0.3) is 0 Å². The van der Waals surface area contributed by atoms with Crippen molar-refractivity contribution in [3.05, 3.63) is 63.9 Å². The number of hydrogen-bond donors (Lipinski definition) is 1. The second-order valence-corrected chi connectivity index (χ2v) is 5.48. The van der Waals surface area contributed by atoms with E-state index in [1.54, 1.807) is 12.1 Å². The number of hydrogen-bond acceptors (Lipinski definition) is 2. The molecule has 106 valence electrons. The summed E-state index contributed by atoms with van der Waals surface area (Å²) >= 11 is 3.24. The van der Waals surface area contributed by atoms with Gasteiger partial charge in [-0.25, -0.2) is 4.39 Å². The first kappa shape index (κ1) is 15.0. The van der Waals surface area contributed by atoms with E-state index in [1.807, 2.05) is 24.3 Å². The van der Waals surface area contributed by atoms with Gasteiger partial charge in [0.25, 0.3) is 0 Å². The van der Waals surface area contributed by atoms with Crippen molar-refractivity contribution >= 4 is 15.9 Å². The third-order valence-electron chi connectivity index (χ3n) is 3.01. The Morgan fingerprint density at radius 3 is 2.50 bits per heavy atom. The fourth-order valence-corrected chi connectivity index (χ4v) is 2.26. The van der Waals surface area contributed by atoms with Gasteiger partial charge in [0.15, 0.2) is 0 Å². The van der Waals surface area contributed by atoms with E-state index in [2.05, 4.69) is 22.9 Å². The monoisotopic (exact) mass is 337 g/mol. The van der Waals surface area contributed by atoms with Crippen LogP contribution in [0.5, 0.6) is 5.75 Å². The van der Waals surface area contributed by atoms with Crippen LogP contribution >= 0.6 is 15.9 Å². The van der Waals surface area contributed by atoms with Gasteiger partial charge in [0.05, 0.1) is 12.6 Å². The Morgan fingerprint density at radius 1 is 1.20 bits per heavy atom. The predicted molar refractivity (Wildman–Crippen MR) is 82.4 cm³/mol. The van der Waals surface area contributed by atoms with Gasteiger partial charge in [-0.15, -0.1) is 0 Å². The quantitative estimate of drug-likeness (QED) is 0.876. The molecule has 1 atom stereocenters. The minimum atomic E-state index is -0.483. The summed E-state index contributed by atoms with van der Waals surface area (Å²) in [5, 5.41) is 0. The molecule has 4 heteroatoms. The zero-order valence-corrected chi connectivity index (χ0v) is 12.9. The summed E-state index contributed by atoms with van der Waals surface area (Å²) in [6.45, 7) is 2.74.